The first-order chi connectivity index (χ1) is 27.8. The van der Waals surface area contributed by atoms with E-state index in [1.54, 1.807) is 0 Å². The van der Waals surface area contributed by atoms with Crippen LogP contribution in [-0.2, 0) is 10.8 Å². The van der Waals surface area contributed by atoms with Gasteiger partial charge in [0, 0.05) is 0 Å². The molecule has 0 saturated heterocycles. The average molecular weight is 802 g/mol. The van der Waals surface area contributed by atoms with Crippen molar-refractivity contribution in [3.05, 3.63) is 229 Å². The van der Waals surface area contributed by atoms with Gasteiger partial charge in [0.1, 0.15) is 0 Å². The number of hydrogen-bond donors (Lipinski definition) is 0. The summed E-state index contributed by atoms with van der Waals surface area (Å²) in [5.74, 6) is 0. The van der Waals surface area contributed by atoms with E-state index in [2.05, 4.69) is 244 Å². The van der Waals surface area contributed by atoms with Crippen LogP contribution in [0.1, 0.15) is 49.9 Å². The third-order valence-electron chi connectivity index (χ3n) is 11.7. The van der Waals surface area contributed by atoms with Crippen LogP contribution in [0.4, 0.5) is 34.1 Å². The molecule has 0 unspecified atom stereocenters. The number of rotatable bonds is 10. The molecule has 0 aliphatic rings. The van der Waals surface area contributed by atoms with Gasteiger partial charge in [0.15, 0.2) is 0 Å². The van der Waals surface area contributed by atoms with Gasteiger partial charge in [-0.25, -0.2) is 0 Å². The van der Waals surface area contributed by atoms with E-state index in [0.29, 0.717) is 0 Å². The summed E-state index contributed by atoms with van der Waals surface area (Å²) in [6.45, 7) is 9.23. The molecule has 0 spiro atoms. The number of fused-ring (bicyclic) bond motifs is 3. The quantitative estimate of drug-likeness (QED) is 0.127. The maximum absolute atomic E-state index is 2.41. The monoisotopic (exact) mass is 802 g/mol. The van der Waals surface area contributed by atoms with Crippen LogP contribution in [0, 0.1) is 0 Å². The molecule has 0 aliphatic carbocycles. The summed E-state index contributed by atoms with van der Waals surface area (Å²) in [5, 5.41) is 2.64. The molecule has 9 aromatic rings. The average Bonchev–Trinajstić information content (AvgIpc) is 3.63. The Morgan fingerprint density at radius 1 is 0.298 bits per heavy atom. The molecule has 278 valence electrons. The Bertz CT molecular complexity index is 2560. The molecule has 0 atom stereocenters. The predicted octanol–water partition coefficient (Wildman–Crippen LogP) is 14.6. The summed E-state index contributed by atoms with van der Waals surface area (Å²) in [6.07, 6.45) is 0. The summed E-state index contributed by atoms with van der Waals surface area (Å²) in [5.41, 5.74) is 11.9. The first-order valence-corrected chi connectivity index (χ1v) is 21.5. The molecule has 2 nitrogen and oxygen atoms in total. The van der Waals surface area contributed by atoms with Gasteiger partial charge in [0.25, 0.3) is 0 Å². The zero-order valence-electron chi connectivity index (χ0n) is 32.9. The minimum absolute atomic E-state index is 0.108. The summed E-state index contributed by atoms with van der Waals surface area (Å²) < 4.78 is 2.84. The molecule has 0 amide bonds. The van der Waals surface area contributed by atoms with Gasteiger partial charge in [-0.1, -0.05) is 36.4 Å². The summed E-state index contributed by atoms with van der Waals surface area (Å²) in [7, 11) is 0. The Kier molecular flexibility index (Phi) is 9.66. The van der Waals surface area contributed by atoms with Crippen molar-refractivity contribution < 1.29 is 0 Å². The van der Waals surface area contributed by atoms with Crippen LogP contribution in [0.3, 0.4) is 0 Å². The molecule has 0 N–H and O–H groups in total. The van der Waals surface area contributed by atoms with Gasteiger partial charge in [-0.15, -0.1) is 0 Å². The van der Waals surface area contributed by atoms with Crippen LogP contribution in [0.15, 0.2) is 206 Å². The van der Waals surface area contributed by atoms with E-state index in [4.69, 9.17) is 0 Å². The van der Waals surface area contributed by atoms with Crippen molar-refractivity contribution in [2.45, 2.75) is 38.5 Å². The molecule has 9 rings (SSSR count). The normalized spacial score (nSPS) is 11.9. The van der Waals surface area contributed by atoms with Crippen molar-refractivity contribution in [3.8, 4) is 0 Å². The van der Waals surface area contributed by atoms with E-state index < -0.39 is 0 Å². The maximum atomic E-state index is 2.41. The number of benzene rings is 8. The topological polar surface area (TPSA) is 6.48 Å². The van der Waals surface area contributed by atoms with E-state index in [9.17, 15) is 0 Å². The van der Waals surface area contributed by atoms with E-state index in [1.807, 2.05) is 0 Å². The summed E-state index contributed by atoms with van der Waals surface area (Å²) >= 11 is 0.228. The van der Waals surface area contributed by atoms with E-state index in [-0.39, 0.29) is 25.3 Å². The van der Waals surface area contributed by atoms with Crippen molar-refractivity contribution in [2.24, 2.45) is 0 Å². The molecule has 0 fully saturated rings. The Morgan fingerprint density at radius 3 is 0.930 bits per heavy atom. The fourth-order valence-corrected chi connectivity index (χ4v) is 10.4. The van der Waals surface area contributed by atoms with Crippen molar-refractivity contribution in [3.63, 3.8) is 0 Å². The van der Waals surface area contributed by atoms with Gasteiger partial charge >= 0.3 is 308 Å². The SMILES string of the molecule is CC(C)(c1ccccc1)c1ccc(N(c2ccccc2)c2ccc3[se]c4ccc(N(c5ccccc5)c5ccc(C(C)(C)c6ccccc6)cc5)cc4c3c2)cc1. The van der Waals surface area contributed by atoms with Crippen LogP contribution in [0.5, 0.6) is 0 Å². The van der Waals surface area contributed by atoms with Crippen molar-refractivity contribution >= 4 is 67.9 Å². The molecule has 0 bridgehead atoms. The standard InChI is InChI=1S/C54H46N2Se/c1-53(2,39-17-9-5-10-18-39)41-25-29-45(30-26-41)55(43-21-13-7-14-22-43)47-33-35-51-49(37-47)50-38-48(34-36-52(50)57-51)56(44-23-15-8-16-24-44)46-31-27-42(28-32-46)54(3,4)40-19-11-6-12-20-40/h5-38H,1-4H3. The van der Waals surface area contributed by atoms with Crippen molar-refractivity contribution in [1.82, 2.24) is 0 Å². The molecular weight excluding hydrogens is 756 g/mol. The van der Waals surface area contributed by atoms with Crippen LogP contribution in [0.2, 0.25) is 0 Å². The van der Waals surface area contributed by atoms with Crippen LogP contribution >= 0.6 is 0 Å². The molecule has 0 radical (unpaired) electrons. The van der Waals surface area contributed by atoms with Crippen LogP contribution in [-0.4, -0.2) is 14.5 Å². The first kappa shape index (κ1) is 36.5. The molecule has 8 aromatic carbocycles. The number of hydrogen-bond acceptors (Lipinski definition) is 2. The van der Waals surface area contributed by atoms with Gasteiger partial charge < -0.3 is 0 Å². The molecule has 57 heavy (non-hydrogen) atoms. The molecule has 0 saturated carbocycles. The summed E-state index contributed by atoms with van der Waals surface area (Å²) in [6, 6.07) is 75.5. The Morgan fingerprint density at radius 2 is 0.579 bits per heavy atom. The van der Waals surface area contributed by atoms with Gasteiger partial charge in [-0.05, 0) is 0 Å². The molecule has 1 heterocycles. The summed E-state index contributed by atoms with van der Waals surface area (Å²) in [4.78, 5) is 4.78. The van der Waals surface area contributed by atoms with Crippen LogP contribution < -0.4 is 9.80 Å². The van der Waals surface area contributed by atoms with Crippen LogP contribution in [0.25, 0.3) is 19.3 Å². The zero-order chi connectivity index (χ0) is 39.0. The van der Waals surface area contributed by atoms with E-state index >= 15 is 0 Å². The first-order valence-electron chi connectivity index (χ1n) is 19.8. The van der Waals surface area contributed by atoms with Gasteiger partial charge in [-0.3, -0.25) is 0 Å². The number of para-hydroxylation sites is 2. The second-order valence-electron chi connectivity index (χ2n) is 15.9. The molecular formula is C54H46N2Se. The van der Waals surface area contributed by atoms with E-state index in [0.717, 1.165) is 34.1 Å². The van der Waals surface area contributed by atoms with Gasteiger partial charge in [0.2, 0.25) is 0 Å². The number of nitrogens with zero attached hydrogens (tertiary/aromatic N) is 2. The van der Waals surface area contributed by atoms with Crippen molar-refractivity contribution in [1.29, 1.82) is 0 Å². The second-order valence-corrected chi connectivity index (χ2v) is 18.2. The second kappa shape index (κ2) is 15.1. The Hall–Kier alpha value is -6.12. The third kappa shape index (κ3) is 6.99. The van der Waals surface area contributed by atoms with Crippen molar-refractivity contribution in [2.75, 3.05) is 9.80 Å². The van der Waals surface area contributed by atoms with Gasteiger partial charge in [-0.2, -0.15) is 0 Å². The molecule has 1 aromatic heterocycles. The van der Waals surface area contributed by atoms with Gasteiger partial charge in [0.05, 0.1) is 0 Å². The van der Waals surface area contributed by atoms with E-state index in [1.165, 1.54) is 41.5 Å². The fourth-order valence-electron chi connectivity index (χ4n) is 8.18. The Labute approximate surface area is 343 Å². The Balaban J connectivity index is 1.12. The third-order valence-corrected chi connectivity index (χ3v) is 14.1. The predicted molar refractivity (Wildman–Crippen MR) is 245 cm³/mol. The zero-order valence-corrected chi connectivity index (χ0v) is 34.6. The number of anilines is 6. The fraction of sp³-hybridized carbons (Fsp3) is 0.111. The molecule has 0 aliphatic heterocycles. The molecule has 3 heteroatoms. The minimum atomic E-state index is -0.108.